The molecule has 0 atom stereocenters. The fourth-order valence-corrected chi connectivity index (χ4v) is 3.81. The molecule has 0 N–H and O–H groups in total. The van der Waals surface area contributed by atoms with E-state index in [0.29, 0.717) is 12.2 Å². The van der Waals surface area contributed by atoms with E-state index in [1.54, 1.807) is 4.68 Å². The highest BCUT2D eigenvalue weighted by Gasteiger charge is 2.28. The fraction of sp³-hybridized carbons (Fsp3) is 0.500. The first-order chi connectivity index (χ1) is 12.6. The number of carbonyl (C=O) groups is 1. The van der Waals surface area contributed by atoms with Gasteiger partial charge in [0, 0.05) is 25.3 Å². The number of ether oxygens (including phenoxy) is 2. The van der Waals surface area contributed by atoms with Gasteiger partial charge in [-0.1, -0.05) is 25.3 Å². The van der Waals surface area contributed by atoms with Crippen molar-refractivity contribution in [1.82, 2.24) is 14.7 Å². The molecule has 1 fully saturated rings. The van der Waals surface area contributed by atoms with Gasteiger partial charge in [0.2, 0.25) is 6.79 Å². The topological polar surface area (TPSA) is 56.6 Å². The van der Waals surface area contributed by atoms with Crippen LogP contribution in [0.2, 0.25) is 0 Å². The van der Waals surface area contributed by atoms with E-state index >= 15 is 0 Å². The Morgan fingerprint density at radius 2 is 1.96 bits per heavy atom. The normalized spacial score (nSPS) is 16.7. The first-order valence-corrected chi connectivity index (χ1v) is 9.32. The molecular weight excluding hydrogens is 330 g/mol. The number of nitrogens with zero attached hydrogens (tertiary/aromatic N) is 3. The van der Waals surface area contributed by atoms with Crippen LogP contribution < -0.4 is 9.47 Å². The summed E-state index contributed by atoms with van der Waals surface area (Å²) >= 11 is 0. The van der Waals surface area contributed by atoms with Crippen molar-refractivity contribution in [2.45, 2.75) is 51.6 Å². The second kappa shape index (κ2) is 7.02. The number of amides is 1. The fourth-order valence-electron chi connectivity index (χ4n) is 3.81. The molecule has 26 heavy (non-hydrogen) atoms. The van der Waals surface area contributed by atoms with Crippen LogP contribution in [0.3, 0.4) is 0 Å². The van der Waals surface area contributed by atoms with Crippen LogP contribution in [0.4, 0.5) is 0 Å². The molecule has 1 aromatic carbocycles. The van der Waals surface area contributed by atoms with Crippen molar-refractivity contribution in [2.24, 2.45) is 7.05 Å². The molecule has 1 saturated carbocycles. The van der Waals surface area contributed by atoms with Gasteiger partial charge >= 0.3 is 0 Å². The van der Waals surface area contributed by atoms with Gasteiger partial charge in [0.1, 0.15) is 0 Å². The zero-order valence-electron chi connectivity index (χ0n) is 15.4. The summed E-state index contributed by atoms with van der Waals surface area (Å²) in [5, 5.41) is 4.41. The minimum atomic E-state index is 0.0123. The SMILES string of the molecule is Cc1cc(C(=O)N(Cc2ccc3c(c2)OCO3)C2CCCCC2)nn1C. The van der Waals surface area contributed by atoms with E-state index in [0.717, 1.165) is 35.6 Å². The molecule has 2 heterocycles. The Kier molecular flexibility index (Phi) is 4.57. The Morgan fingerprint density at radius 1 is 1.19 bits per heavy atom. The number of hydrogen-bond donors (Lipinski definition) is 0. The number of aryl methyl sites for hydroxylation is 2. The van der Waals surface area contributed by atoms with E-state index in [2.05, 4.69) is 5.10 Å². The zero-order chi connectivity index (χ0) is 18.1. The van der Waals surface area contributed by atoms with Crippen molar-refractivity contribution >= 4 is 5.91 Å². The summed E-state index contributed by atoms with van der Waals surface area (Å²) in [4.78, 5) is 15.2. The predicted octanol–water partition coefficient (Wildman–Crippen LogP) is 3.43. The number of benzene rings is 1. The van der Waals surface area contributed by atoms with Gasteiger partial charge in [0.15, 0.2) is 17.2 Å². The van der Waals surface area contributed by atoms with E-state index in [1.807, 2.05) is 43.1 Å². The standard InChI is InChI=1S/C20H25N3O3/c1-14-10-17(21-22(14)2)20(24)23(16-6-4-3-5-7-16)12-15-8-9-18-19(11-15)26-13-25-18/h8-11,16H,3-7,12-13H2,1-2H3. The van der Waals surface area contributed by atoms with Gasteiger partial charge in [0.05, 0.1) is 0 Å². The molecule has 1 amide bonds. The van der Waals surface area contributed by atoms with Gasteiger partial charge in [-0.05, 0) is 43.5 Å². The first-order valence-electron chi connectivity index (χ1n) is 9.32. The summed E-state index contributed by atoms with van der Waals surface area (Å²) in [5.41, 5.74) is 2.57. The van der Waals surface area contributed by atoms with Crippen LogP contribution in [-0.4, -0.2) is 33.4 Å². The van der Waals surface area contributed by atoms with Crippen LogP contribution >= 0.6 is 0 Å². The summed E-state index contributed by atoms with van der Waals surface area (Å²) in [6, 6.07) is 8.06. The van der Waals surface area contributed by atoms with E-state index in [-0.39, 0.29) is 18.7 Å². The lowest BCUT2D eigenvalue weighted by Gasteiger charge is -2.34. The molecular formula is C20H25N3O3. The van der Waals surface area contributed by atoms with Crippen molar-refractivity contribution in [3.8, 4) is 11.5 Å². The number of carbonyl (C=O) groups excluding carboxylic acids is 1. The third kappa shape index (κ3) is 3.28. The van der Waals surface area contributed by atoms with E-state index in [1.165, 1.54) is 19.3 Å². The molecule has 4 rings (SSSR count). The van der Waals surface area contributed by atoms with Crippen molar-refractivity contribution in [2.75, 3.05) is 6.79 Å². The van der Waals surface area contributed by atoms with Gasteiger partial charge in [-0.3, -0.25) is 9.48 Å². The number of aromatic nitrogens is 2. The predicted molar refractivity (Wildman–Crippen MR) is 97.3 cm³/mol. The molecule has 1 aromatic heterocycles. The number of rotatable bonds is 4. The van der Waals surface area contributed by atoms with Crippen LogP contribution in [0.5, 0.6) is 11.5 Å². The highest BCUT2D eigenvalue weighted by Crippen LogP contribution is 2.34. The van der Waals surface area contributed by atoms with Crippen molar-refractivity contribution in [1.29, 1.82) is 0 Å². The average Bonchev–Trinajstić information content (AvgIpc) is 3.26. The maximum Gasteiger partial charge on any atom is 0.274 e. The number of fused-ring (bicyclic) bond motifs is 1. The Labute approximate surface area is 153 Å². The van der Waals surface area contributed by atoms with E-state index in [4.69, 9.17) is 9.47 Å². The molecule has 0 unspecified atom stereocenters. The largest absolute Gasteiger partial charge is 0.454 e. The van der Waals surface area contributed by atoms with Crippen LogP contribution in [0.1, 0.15) is 53.8 Å². The number of hydrogen-bond acceptors (Lipinski definition) is 4. The molecule has 138 valence electrons. The first kappa shape index (κ1) is 16.9. The second-order valence-corrected chi connectivity index (χ2v) is 7.21. The monoisotopic (exact) mass is 355 g/mol. The smallest absolute Gasteiger partial charge is 0.274 e. The van der Waals surface area contributed by atoms with Crippen molar-refractivity contribution in [3.05, 3.63) is 41.2 Å². The van der Waals surface area contributed by atoms with Gasteiger partial charge in [0.25, 0.3) is 5.91 Å². The highest BCUT2D eigenvalue weighted by molar-refractivity contribution is 5.92. The van der Waals surface area contributed by atoms with Crippen molar-refractivity contribution in [3.63, 3.8) is 0 Å². The van der Waals surface area contributed by atoms with E-state index in [9.17, 15) is 4.79 Å². The molecule has 0 bridgehead atoms. The minimum absolute atomic E-state index is 0.0123. The van der Waals surface area contributed by atoms with E-state index < -0.39 is 0 Å². The minimum Gasteiger partial charge on any atom is -0.454 e. The summed E-state index contributed by atoms with van der Waals surface area (Å²) in [6.45, 7) is 2.79. The van der Waals surface area contributed by atoms with Gasteiger partial charge in [-0.25, -0.2) is 0 Å². The lowest BCUT2D eigenvalue weighted by Crippen LogP contribution is -2.41. The molecule has 0 spiro atoms. The lowest BCUT2D eigenvalue weighted by atomic mass is 9.93. The summed E-state index contributed by atoms with van der Waals surface area (Å²) in [5.74, 6) is 1.54. The maximum absolute atomic E-state index is 13.2. The molecule has 0 saturated heterocycles. The van der Waals surface area contributed by atoms with Crippen LogP contribution in [0.25, 0.3) is 0 Å². The highest BCUT2D eigenvalue weighted by atomic mass is 16.7. The Balaban J connectivity index is 1.61. The average molecular weight is 355 g/mol. The third-order valence-corrected chi connectivity index (χ3v) is 5.40. The zero-order valence-corrected chi connectivity index (χ0v) is 15.4. The maximum atomic E-state index is 13.2. The molecule has 6 heteroatoms. The van der Waals surface area contributed by atoms with Gasteiger partial charge < -0.3 is 14.4 Å². The molecule has 1 aliphatic carbocycles. The molecule has 2 aliphatic rings. The summed E-state index contributed by atoms with van der Waals surface area (Å²) in [7, 11) is 1.87. The second-order valence-electron chi connectivity index (χ2n) is 7.21. The molecule has 6 nitrogen and oxygen atoms in total. The summed E-state index contributed by atoms with van der Waals surface area (Å²) < 4.78 is 12.6. The van der Waals surface area contributed by atoms with Crippen molar-refractivity contribution < 1.29 is 14.3 Å². The molecule has 0 radical (unpaired) electrons. The summed E-state index contributed by atoms with van der Waals surface area (Å²) in [6.07, 6.45) is 5.73. The van der Waals surface area contributed by atoms with Gasteiger partial charge in [-0.2, -0.15) is 5.10 Å². The third-order valence-electron chi connectivity index (χ3n) is 5.40. The Hall–Kier alpha value is -2.50. The lowest BCUT2D eigenvalue weighted by molar-refractivity contribution is 0.0607. The van der Waals surface area contributed by atoms with Crippen LogP contribution in [-0.2, 0) is 13.6 Å². The quantitative estimate of drug-likeness (QED) is 0.843. The molecule has 1 aliphatic heterocycles. The Morgan fingerprint density at radius 3 is 2.69 bits per heavy atom. The molecule has 2 aromatic rings. The van der Waals surface area contributed by atoms with Gasteiger partial charge in [-0.15, -0.1) is 0 Å². The Bertz CT molecular complexity index is 789. The van der Waals surface area contributed by atoms with Crippen LogP contribution in [0.15, 0.2) is 24.3 Å². The van der Waals surface area contributed by atoms with Crippen LogP contribution in [0, 0.1) is 6.92 Å².